The molecule has 6 nitrogen and oxygen atoms in total. The highest BCUT2D eigenvalue weighted by Crippen LogP contribution is 2.29. The molecule has 0 radical (unpaired) electrons. The van der Waals surface area contributed by atoms with Crippen molar-refractivity contribution in [3.8, 4) is 0 Å². The van der Waals surface area contributed by atoms with E-state index in [1.54, 1.807) is 24.6 Å². The number of rotatable bonds is 6. The zero-order valence-electron chi connectivity index (χ0n) is 16.2. The summed E-state index contributed by atoms with van der Waals surface area (Å²) in [5.74, 6) is -0.750. The molecule has 3 heterocycles. The largest absolute Gasteiger partial charge is 0.297 e. The van der Waals surface area contributed by atoms with Gasteiger partial charge in [-0.05, 0) is 48.4 Å². The molecule has 0 aliphatic carbocycles. The smallest absolute Gasteiger partial charge is 0.268 e. The van der Waals surface area contributed by atoms with E-state index in [9.17, 15) is 17.6 Å². The second kappa shape index (κ2) is 8.54. The van der Waals surface area contributed by atoms with Gasteiger partial charge in [-0.25, -0.2) is 17.8 Å². The van der Waals surface area contributed by atoms with Crippen LogP contribution in [-0.2, 0) is 16.4 Å². The number of thiophene rings is 1. The molecular formula is C20H20FN3O3S3. The van der Waals surface area contributed by atoms with Gasteiger partial charge >= 0.3 is 0 Å². The highest BCUT2D eigenvalue weighted by Gasteiger charge is 2.32. The van der Waals surface area contributed by atoms with Crippen LogP contribution in [-0.4, -0.2) is 36.7 Å². The minimum absolute atomic E-state index is 0.0406. The molecule has 1 aliphatic heterocycles. The molecule has 1 saturated heterocycles. The summed E-state index contributed by atoms with van der Waals surface area (Å²) in [5, 5.41) is 4.68. The number of benzene rings is 1. The van der Waals surface area contributed by atoms with Crippen molar-refractivity contribution in [2.75, 3.05) is 18.4 Å². The van der Waals surface area contributed by atoms with Crippen LogP contribution >= 0.6 is 22.7 Å². The molecule has 1 fully saturated rings. The van der Waals surface area contributed by atoms with Crippen LogP contribution in [0.1, 0.15) is 38.5 Å². The summed E-state index contributed by atoms with van der Waals surface area (Å²) in [7, 11) is -3.68. The van der Waals surface area contributed by atoms with Gasteiger partial charge in [-0.2, -0.15) is 4.31 Å². The fourth-order valence-electron chi connectivity index (χ4n) is 3.28. The molecule has 2 aromatic heterocycles. The van der Waals surface area contributed by atoms with Gasteiger partial charge in [-0.1, -0.05) is 12.1 Å². The predicted octanol–water partition coefficient (Wildman–Crippen LogP) is 4.28. The fraction of sp³-hybridized carbons (Fsp3) is 0.300. The fourth-order valence-corrected chi connectivity index (χ4v) is 6.94. The lowest BCUT2D eigenvalue weighted by Crippen LogP contribution is -2.29. The second-order valence-corrected chi connectivity index (χ2v) is 11.0. The molecule has 1 aliphatic rings. The summed E-state index contributed by atoms with van der Waals surface area (Å²) in [5.41, 5.74) is 1.41. The average Bonchev–Trinajstić information content (AvgIpc) is 3.46. The molecular weight excluding hydrogens is 445 g/mol. The third kappa shape index (κ3) is 4.31. The number of nitrogens with zero attached hydrogens (tertiary/aromatic N) is 2. The molecule has 0 unspecified atom stereocenters. The maximum atomic E-state index is 13.7. The van der Waals surface area contributed by atoms with Crippen molar-refractivity contribution in [1.82, 2.24) is 9.29 Å². The first-order valence-corrected chi connectivity index (χ1v) is 12.6. The Morgan fingerprint density at radius 1 is 1.27 bits per heavy atom. The van der Waals surface area contributed by atoms with Crippen molar-refractivity contribution < 1.29 is 17.6 Å². The third-order valence-electron chi connectivity index (χ3n) is 4.91. The number of sulfonamides is 1. The highest BCUT2D eigenvalue weighted by atomic mass is 32.2. The van der Waals surface area contributed by atoms with E-state index < -0.39 is 15.9 Å². The van der Waals surface area contributed by atoms with Crippen molar-refractivity contribution in [3.63, 3.8) is 0 Å². The lowest BCUT2D eigenvalue weighted by molar-refractivity contribution is 0.102. The first-order chi connectivity index (χ1) is 14.3. The molecule has 4 rings (SSSR count). The zero-order chi connectivity index (χ0) is 21.3. The van der Waals surface area contributed by atoms with Gasteiger partial charge in [0.25, 0.3) is 5.91 Å². The average molecular weight is 466 g/mol. The topological polar surface area (TPSA) is 79.4 Å². The van der Waals surface area contributed by atoms with Crippen molar-refractivity contribution in [2.24, 2.45) is 0 Å². The lowest BCUT2D eigenvalue weighted by atomic mass is 10.1. The molecule has 0 atom stereocenters. The van der Waals surface area contributed by atoms with Gasteiger partial charge in [-0.3, -0.25) is 10.1 Å². The molecule has 1 aromatic carbocycles. The van der Waals surface area contributed by atoms with E-state index in [2.05, 4.69) is 10.3 Å². The van der Waals surface area contributed by atoms with Crippen LogP contribution in [0, 0.1) is 12.7 Å². The van der Waals surface area contributed by atoms with E-state index in [0.29, 0.717) is 30.2 Å². The maximum absolute atomic E-state index is 13.7. The molecule has 1 N–H and O–H groups in total. The number of thiazole rings is 1. The summed E-state index contributed by atoms with van der Waals surface area (Å²) >= 11 is 2.37. The second-order valence-electron chi connectivity index (χ2n) is 7.07. The first-order valence-electron chi connectivity index (χ1n) is 9.43. The summed E-state index contributed by atoms with van der Waals surface area (Å²) in [4.78, 5) is 18.0. The molecule has 30 heavy (non-hydrogen) atoms. The number of hydrogen-bond acceptors (Lipinski definition) is 6. The van der Waals surface area contributed by atoms with E-state index in [1.165, 1.54) is 27.8 Å². The minimum Gasteiger partial charge on any atom is -0.297 e. The number of hydrogen-bond donors (Lipinski definition) is 1. The monoisotopic (exact) mass is 465 g/mol. The quantitative estimate of drug-likeness (QED) is 0.589. The van der Waals surface area contributed by atoms with Gasteiger partial charge < -0.3 is 0 Å². The number of amides is 1. The van der Waals surface area contributed by atoms with Crippen LogP contribution in [0.3, 0.4) is 0 Å². The Hall–Kier alpha value is -2.14. The Labute approximate surface area is 182 Å². The zero-order valence-corrected chi connectivity index (χ0v) is 18.7. The number of aromatic nitrogens is 1. The van der Waals surface area contributed by atoms with Gasteiger partial charge in [0.1, 0.15) is 15.6 Å². The van der Waals surface area contributed by atoms with Crippen LogP contribution < -0.4 is 5.32 Å². The van der Waals surface area contributed by atoms with E-state index >= 15 is 0 Å². The summed E-state index contributed by atoms with van der Waals surface area (Å²) in [6, 6.07) is 6.56. The van der Waals surface area contributed by atoms with Gasteiger partial charge in [-0.15, -0.1) is 22.7 Å². The Morgan fingerprint density at radius 3 is 2.77 bits per heavy atom. The van der Waals surface area contributed by atoms with Crippen LogP contribution in [0.15, 0.2) is 40.7 Å². The molecule has 158 valence electrons. The van der Waals surface area contributed by atoms with Crippen molar-refractivity contribution in [2.45, 2.75) is 31.1 Å². The Bertz CT molecular complexity index is 1180. The first kappa shape index (κ1) is 21.1. The standard InChI is InChI=1S/C20H20FN3O3S3/c1-13-4-5-14(11-16(13)21)10-15-12-22-20(29-15)23-19(25)18-17(6-9-28-18)30(26,27)24-7-2-3-8-24/h4-6,9,11-12H,2-3,7-8,10H2,1H3,(H,22,23,25). The van der Waals surface area contributed by atoms with Crippen LogP contribution in [0.5, 0.6) is 0 Å². The van der Waals surface area contributed by atoms with Gasteiger partial charge in [0.05, 0.1) is 0 Å². The Morgan fingerprint density at radius 2 is 2.03 bits per heavy atom. The number of nitrogens with one attached hydrogen (secondary N) is 1. The summed E-state index contributed by atoms with van der Waals surface area (Å²) in [6.45, 7) is 2.67. The lowest BCUT2D eigenvalue weighted by Gasteiger charge is -2.15. The van der Waals surface area contributed by atoms with Crippen molar-refractivity contribution in [1.29, 1.82) is 0 Å². The van der Waals surface area contributed by atoms with Gasteiger partial charge in [0, 0.05) is 30.6 Å². The predicted molar refractivity (Wildman–Crippen MR) is 116 cm³/mol. The van der Waals surface area contributed by atoms with Gasteiger partial charge in [0.2, 0.25) is 10.0 Å². The molecule has 1 amide bonds. The number of anilines is 1. The summed E-state index contributed by atoms with van der Waals surface area (Å²) in [6.07, 6.45) is 3.79. The molecule has 0 spiro atoms. The van der Waals surface area contributed by atoms with Crippen molar-refractivity contribution in [3.05, 3.63) is 62.5 Å². The van der Waals surface area contributed by atoms with Crippen LogP contribution in [0.2, 0.25) is 0 Å². The van der Waals surface area contributed by atoms with Gasteiger partial charge in [0.15, 0.2) is 5.13 Å². The van der Waals surface area contributed by atoms with Crippen LogP contribution in [0.25, 0.3) is 0 Å². The molecule has 3 aromatic rings. The molecule has 0 bridgehead atoms. The maximum Gasteiger partial charge on any atom is 0.268 e. The third-order valence-corrected chi connectivity index (χ3v) is 8.80. The van der Waals surface area contributed by atoms with Crippen molar-refractivity contribution >= 4 is 43.7 Å². The van der Waals surface area contributed by atoms with Crippen LogP contribution in [0.4, 0.5) is 9.52 Å². The number of halogens is 1. The van der Waals surface area contributed by atoms with E-state index in [-0.39, 0.29) is 15.6 Å². The normalized spacial score (nSPS) is 14.9. The number of aryl methyl sites for hydroxylation is 1. The molecule has 10 heteroatoms. The number of carbonyl (C=O) groups is 1. The van der Waals surface area contributed by atoms with E-state index in [4.69, 9.17) is 0 Å². The SMILES string of the molecule is Cc1ccc(Cc2cnc(NC(=O)c3sccc3S(=O)(=O)N3CCCC3)s2)cc1F. The van der Waals surface area contributed by atoms with E-state index in [0.717, 1.165) is 34.6 Å². The highest BCUT2D eigenvalue weighted by molar-refractivity contribution is 7.89. The Kier molecular flexibility index (Phi) is 6.01. The number of carbonyl (C=O) groups excluding carboxylic acids is 1. The Balaban J connectivity index is 1.48. The minimum atomic E-state index is -3.68. The summed E-state index contributed by atoms with van der Waals surface area (Å²) < 4.78 is 40.8. The molecule has 0 saturated carbocycles. The van der Waals surface area contributed by atoms with E-state index in [1.807, 2.05) is 6.07 Å².